The number of carbonyl (C=O) groups excluding carboxylic acids is 1. The molecule has 2 bridgehead atoms. The van der Waals surface area contributed by atoms with Crippen LogP contribution in [-0.4, -0.2) is 5.78 Å². The molecule has 0 spiro atoms. The van der Waals surface area contributed by atoms with Gasteiger partial charge in [-0.1, -0.05) is 18.7 Å². The summed E-state index contributed by atoms with van der Waals surface area (Å²) in [5, 5.41) is 0. The molecular formula is C12H12O. The first-order chi connectivity index (χ1) is 6.27. The molecule has 1 heteroatoms. The lowest BCUT2D eigenvalue weighted by Gasteiger charge is -2.21. The molecule has 0 heterocycles. The van der Waals surface area contributed by atoms with Gasteiger partial charge in [-0.3, -0.25) is 4.79 Å². The van der Waals surface area contributed by atoms with Crippen LogP contribution in [0.1, 0.15) is 19.3 Å². The van der Waals surface area contributed by atoms with Crippen molar-refractivity contribution in [3.05, 3.63) is 35.5 Å². The van der Waals surface area contributed by atoms with Crippen molar-refractivity contribution in [3.63, 3.8) is 0 Å². The van der Waals surface area contributed by atoms with Crippen molar-refractivity contribution in [1.82, 2.24) is 0 Å². The van der Waals surface area contributed by atoms with E-state index in [9.17, 15) is 4.79 Å². The molecule has 0 N–H and O–H groups in total. The van der Waals surface area contributed by atoms with E-state index in [2.05, 4.69) is 18.7 Å². The number of ketones is 1. The zero-order valence-electron chi connectivity index (χ0n) is 7.55. The van der Waals surface area contributed by atoms with Gasteiger partial charge in [-0.2, -0.15) is 0 Å². The van der Waals surface area contributed by atoms with E-state index in [4.69, 9.17) is 0 Å². The maximum Gasteiger partial charge on any atom is 0.140 e. The highest BCUT2D eigenvalue weighted by atomic mass is 16.1. The van der Waals surface area contributed by atoms with Crippen LogP contribution in [0.2, 0.25) is 0 Å². The number of hydrogen-bond acceptors (Lipinski definition) is 1. The SMILES string of the molecule is C=C1CC=CC2=C1C1CC2CC1=O. The van der Waals surface area contributed by atoms with E-state index in [1.807, 2.05) is 0 Å². The molecule has 0 saturated heterocycles. The highest BCUT2D eigenvalue weighted by molar-refractivity contribution is 5.90. The molecule has 3 aliphatic rings. The minimum Gasteiger partial charge on any atom is -0.299 e. The van der Waals surface area contributed by atoms with Crippen molar-refractivity contribution in [2.24, 2.45) is 11.8 Å². The average Bonchev–Trinajstić information content (AvgIpc) is 2.62. The van der Waals surface area contributed by atoms with Crippen LogP contribution in [0.3, 0.4) is 0 Å². The normalized spacial score (nSPS) is 36.0. The van der Waals surface area contributed by atoms with E-state index < -0.39 is 0 Å². The molecule has 2 unspecified atom stereocenters. The second-order valence-corrected chi connectivity index (χ2v) is 4.23. The van der Waals surface area contributed by atoms with Crippen LogP contribution in [0.25, 0.3) is 0 Å². The van der Waals surface area contributed by atoms with Gasteiger partial charge in [0.05, 0.1) is 0 Å². The van der Waals surface area contributed by atoms with Gasteiger partial charge in [0.15, 0.2) is 0 Å². The average molecular weight is 172 g/mol. The van der Waals surface area contributed by atoms with Gasteiger partial charge in [0.25, 0.3) is 0 Å². The summed E-state index contributed by atoms with van der Waals surface area (Å²) in [7, 11) is 0. The molecule has 13 heavy (non-hydrogen) atoms. The first kappa shape index (κ1) is 7.31. The Balaban J connectivity index is 2.16. The number of fused-ring (bicyclic) bond motifs is 4. The zero-order chi connectivity index (χ0) is 9.00. The Hall–Kier alpha value is -1.11. The molecule has 1 fully saturated rings. The number of carbonyl (C=O) groups is 1. The summed E-state index contributed by atoms with van der Waals surface area (Å²) in [4.78, 5) is 11.5. The number of Topliss-reactive ketones (excluding diaryl/α,β-unsaturated/α-hetero) is 1. The van der Waals surface area contributed by atoms with E-state index in [1.165, 1.54) is 16.7 Å². The van der Waals surface area contributed by atoms with E-state index >= 15 is 0 Å². The predicted molar refractivity (Wildman–Crippen MR) is 51.1 cm³/mol. The van der Waals surface area contributed by atoms with Gasteiger partial charge in [-0.25, -0.2) is 0 Å². The summed E-state index contributed by atoms with van der Waals surface area (Å²) in [6.45, 7) is 4.05. The minimum atomic E-state index is 0.220. The maximum absolute atomic E-state index is 11.5. The number of allylic oxidation sites excluding steroid dienone is 5. The van der Waals surface area contributed by atoms with Crippen LogP contribution < -0.4 is 0 Å². The third-order valence-corrected chi connectivity index (χ3v) is 3.50. The molecule has 1 nitrogen and oxygen atoms in total. The molecule has 0 aromatic carbocycles. The molecule has 0 radical (unpaired) electrons. The Morgan fingerprint density at radius 2 is 2.31 bits per heavy atom. The van der Waals surface area contributed by atoms with Gasteiger partial charge in [0.2, 0.25) is 0 Å². The third-order valence-electron chi connectivity index (χ3n) is 3.50. The van der Waals surface area contributed by atoms with Gasteiger partial charge >= 0.3 is 0 Å². The number of rotatable bonds is 0. The molecule has 0 aromatic rings. The topological polar surface area (TPSA) is 17.1 Å². The summed E-state index contributed by atoms with van der Waals surface area (Å²) < 4.78 is 0. The summed E-state index contributed by atoms with van der Waals surface area (Å²) >= 11 is 0. The van der Waals surface area contributed by atoms with Gasteiger partial charge < -0.3 is 0 Å². The third kappa shape index (κ3) is 0.796. The minimum absolute atomic E-state index is 0.220. The number of hydrogen-bond donors (Lipinski definition) is 0. The van der Waals surface area contributed by atoms with Crippen molar-refractivity contribution in [3.8, 4) is 0 Å². The van der Waals surface area contributed by atoms with Gasteiger partial charge in [0.1, 0.15) is 5.78 Å². The Morgan fingerprint density at radius 1 is 1.46 bits per heavy atom. The Morgan fingerprint density at radius 3 is 3.15 bits per heavy atom. The first-order valence-electron chi connectivity index (χ1n) is 4.89. The molecule has 0 amide bonds. The lowest BCUT2D eigenvalue weighted by molar-refractivity contribution is -0.120. The smallest absolute Gasteiger partial charge is 0.140 e. The molecule has 66 valence electrons. The molecule has 0 aromatic heterocycles. The summed E-state index contributed by atoms with van der Waals surface area (Å²) in [5.41, 5.74) is 3.89. The Kier molecular flexibility index (Phi) is 1.25. The van der Waals surface area contributed by atoms with Crippen molar-refractivity contribution >= 4 is 5.78 Å². The maximum atomic E-state index is 11.5. The van der Waals surface area contributed by atoms with Gasteiger partial charge in [-0.15, -0.1) is 0 Å². The van der Waals surface area contributed by atoms with E-state index in [-0.39, 0.29) is 5.92 Å². The summed E-state index contributed by atoms with van der Waals surface area (Å²) in [5.74, 6) is 1.19. The lowest BCUT2D eigenvalue weighted by atomic mass is 9.83. The van der Waals surface area contributed by atoms with Crippen LogP contribution in [0.4, 0.5) is 0 Å². The van der Waals surface area contributed by atoms with Crippen LogP contribution in [0.15, 0.2) is 35.5 Å². The molecule has 2 atom stereocenters. The fourth-order valence-corrected chi connectivity index (χ4v) is 2.94. The summed E-state index contributed by atoms with van der Waals surface area (Å²) in [6, 6.07) is 0. The molecule has 0 aliphatic heterocycles. The fourth-order valence-electron chi connectivity index (χ4n) is 2.94. The molecular weight excluding hydrogens is 160 g/mol. The molecule has 1 saturated carbocycles. The fraction of sp³-hybridized carbons (Fsp3) is 0.417. The van der Waals surface area contributed by atoms with Gasteiger partial charge in [-0.05, 0) is 35.5 Å². The zero-order valence-corrected chi connectivity index (χ0v) is 7.55. The van der Waals surface area contributed by atoms with E-state index in [0.717, 1.165) is 19.3 Å². The highest BCUT2D eigenvalue weighted by Crippen LogP contribution is 2.51. The standard InChI is InChI=1S/C12H12O/c1-7-3-2-4-9-8-5-10(12(7)9)11(13)6-8/h2,4,8,10H,1,3,5-6H2. The van der Waals surface area contributed by atoms with E-state index in [0.29, 0.717) is 11.7 Å². The quantitative estimate of drug-likeness (QED) is 0.548. The predicted octanol–water partition coefficient (Wildman–Crippen LogP) is 2.41. The van der Waals surface area contributed by atoms with Crippen molar-refractivity contribution in [2.75, 3.05) is 0 Å². The Bertz CT molecular complexity index is 371. The monoisotopic (exact) mass is 172 g/mol. The second-order valence-electron chi connectivity index (χ2n) is 4.23. The van der Waals surface area contributed by atoms with Crippen molar-refractivity contribution in [1.29, 1.82) is 0 Å². The first-order valence-corrected chi connectivity index (χ1v) is 4.89. The molecule has 3 rings (SSSR count). The molecule has 3 aliphatic carbocycles. The van der Waals surface area contributed by atoms with Crippen LogP contribution in [0.5, 0.6) is 0 Å². The second kappa shape index (κ2) is 2.22. The Labute approximate surface area is 77.8 Å². The summed E-state index contributed by atoms with van der Waals surface area (Å²) in [6.07, 6.45) is 7.16. The van der Waals surface area contributed by atoms with Crippen LogP contribution in [0, 0.1) is 11.8 Å². The largest absolute Gasteiger partial charge is 0.299 e. The highest BCUT2D eigenvalue weighted by Gasteiger charge is 2.44. The van der Waals surface area contributed by atoms with Gasteiger partial charge in [0, 0.05) is 12.3 Å². The van der Waals surface area contributed by atoms with E-state index in [1.54, 1.807) is 0 Å². The van der Waals surface area contributed by atoms with Crippen LogP contribution in [-0.2, 0) is 4.79 Å². The van der Waals surface area contributed by atoms with Crippen LogP contribution >= 0.6 is 0 Å². The van der Waals surface area contributed by atoms with Crippen molar-refractivity contribution < 1.29 is 4.79 Å². The lowest BCUT2D eigenvalue weighted by Crippen LogP contribution is -2.15. The van der Waals surface area contributed by atoms with Crippen molar-refractivity contribution in [2.45, 2.75) is 19.3 Å².